The van der Waals surface area contributed by atoms with E-state index in [4.69, 9.17) is 0 Å². The van der Waals surface area contributed by atoms with Crippen molar-refractivity contribution in [1.82, 2.24) is 4.40 Å². The molecule has 3 heteroatoms. The van der Waals surface area contributed by atoms with Crippen LogP contribution in [0.25, 0.3) is 81.9 Å². The Bertz CT molecular complexity index is 2510. The second-order valence-electron chi connectivity index (χ2n) is 11.2. The summed E-state index contributed by atoms with van der Waals surface area (Å²) in [5.41, 5.74) is 8.23. The predicted molar refractivity (Wildman–Crippen MR) is 176 cm³/mol. The number of fused-ring (bicyclic) bond motifs is 8. The molecule has 0 bridgehead atoms. The zero-order chi connectivity index (χ0) is 28.7. The molecule has 9 aromatic rings. The summed E-state index contributed by atoms with van der Waals surface area (Å²) < 4.78 is 2.24. The first-order valence-corrected chi connectivity index (χ1v) is 14.3. The summed E-state index contributed by atoms with van der Waals surface area (Å²) in [6, 6.07) is 49.1. The summed E-state index contributed by atoms with van der Waals surface area (Å²) in [5.74, 6) is 0. The number of nitriles is 2. The molecule has 9 rings (SSSR count). The lowest BCUT2D eigenvalue weighted by atomic mass is 9.94. The number of benzene rings is 7. The Morgan fingerprint density at radius 2 is 0.884 bits per heavy atom. The maximum absolute atomic E-state index is 10.3. The minimum Gasteiger partial charge on any atom is -0.308 e. The number of nitrogens with zero attached hydrogens (tertiary/aromatic N) is 3. The second kappa shape index (κ2) is 8.67. The van der Waals surface area contributed by atoms with E-state index in [2.05, 4.69) is 108 Å². The molecule has 2 aromatic heterocycles. The van der Waals surface area contributed by atoms with Crippen LogP contribution >= 0.6 is 0 Å². The highest BCUT2D eigenvalue weighted by molar-refractivity contribution is 6.24. The molecule has 3 nitrogen and oxygen atoms in total. The van der Waals surface area contributed by atoms with Crippen LogP contribution in [0.5, 0.6) is 0 Å². The van der Waals surface area contributed by atoms with Crippen molar-refractivity contribution in [1.29, 1.82) is 10.5 Å². The summed E-state index contributed by atoms with van der Waals surface area (Å²) >= 11 is 0. The van der Waals surface area contributed by atoms with E-state index in [-0.39, 0.29) is 0 Å². The normalized spacial score (nSPS) is 11.7. The molecule has 43 heavy (non-hydrogen) atoms. The van der Waals surface area contributed by atoms with Crippen LogP contribution in [0.4, 0.5) is 0 Å². The molecule has 0 unspecified atom stereocenters. The van der Waals surface area contributed by atoms with Crippen molar-refractivity contribution in [3.05, 3.63) is 139 Å². The van der Waals surface area contributed by atoms with E-state index in [1.165, 1.54) is 10.8 Å². The van der Waals surface area contributed by atoms with Gasteiger partial charge in [0.2, 0.25) is 0 Å². The van der Waals surface area contributed by atoms with Gasteiger partial charge in [0.1, 0.15) is 0 Å². The molecule has 0 spiro atoms. The van der Waals surface area contributed by atoms with Gasteiger partial charge in [0.15, 0.2) is 0 Å². The number of aromatic nitrogens is 1. The Kier molecular flexibility index (Phi) is 4.74. The third kappa shape index (κ3) is 3.28. The van der Waals surface area contributed by atoms with Crippen molar-refractivity contribution in [2.75, 3.05) is 0 Å². The molecule has 0 aliphatic rings. The van der Waals surface area contributed by atoms with Crippen LogP contribution < -0.4 is 0 Å². The van der Waals surface area contributed by atoms with Gasteiger partial charge in [0.25, 0.3) is 0 Å². The van der Waals surface area contributed by atoms with Crippen LogP contribution in [0.3, 0.4) is 0 Å². The van der Waals surface area contributed by atoms with E-state index in [0.717, 1.165) is 71.1 Å². The predicted octanol–water partition coefficient (Wildman–Crippen LogP) is 10.2. The van der Waals surface area contributed by atoms with E-state index in [1.54, 1.807) is 0 Å². The Balaban J connectivity index is 1.34. The van der Waals surface area contributed by atoms with Crippen LogP contribution in [0.2, 0.25) is 0 Å². The van der Waals surface area contributed by atoms with Crippen LogP contribution in [0.15, 0.2) is 127 Å². The van der Waals surface area contributed by atoms with Gasteiger partial charge < -0.3 is 4.40 Å². The largest absolute Gasteiger partial charge is 0.308 e. The van der Waals surface area contributed by atoms with Gasteiger partial charge in [-0.2, -0.15) is 10.5 Å². The van der Waals surface area contributed by atoms with Gasteiger partial charge in [-0.3, -0.25) is 0 Å². The van der Waals surface area contributed by atoms with Gasteiger partial charge in [0.05, 0.1) is 39.8 Å². The molecule has 0 fully saturated rings. The molecule has 196 valence electrons. The second-order valence-corrected chi connectivity index (χ2v) is 11.2. The molecule has 0 aliphatic heterocycles. The third-order valence-electron chi connectivity index (χ3n) is 8.96. The Labute approximate surface area is 247 Å². The van der Waals surface area contributed by atoms with E-state index < -0.39 is 0 Å². The highest BCUT2D eigenvalue weighted by Crippen LogP contribution is 2.43. The van der Waals surface area contributed by atoms with Crippen molar-refractivity contribution in [3.8, 4) is 34.4 Å². The molecule has 7 aromatic carbocycles. The Hall–Kier alpha value is -6.16. The molecule has 0 atom stereocenters. The molecular formula is C40H21N3. The molecule has 2 heterocycles. The Morgan fingerprint density at radius 1 is 0.419 bits per heavy atom. The monoisotopic (exact) mass is 543 g/mol. The van der Waals surface area contributed by atoms with E-state index >= 15 is 0 Å². The minimum atomic E-state index is 0.630. The van der Waals surface area contributed by atoms with E-state index in [9.17, 15) is 10.5 Å². The smallest absolute Gasteiger partial charge is 0.0998 e. The van der Waals surface area contributed by atoms with E-state index in [1.807, 2.05) is 36.4 Å². The first kappa shape index (κ1) is 23.5. The van der Waals surface area contributed by atoms with Crippen molar-refractivity contribution in [2.45, 2.75) is 0 Å². The maximum Gasteiger partial charge on any atom is 0.0998 e. The quantitative estimate of drug-likeness (QED) is 0.218. The fraction of sp³-hybridized carbons (Fsp3) is 0. The van der Waals surface area contributed by atoms with Crippen molar-refractivity contribution in [3.63, 3.8) is 0 Å². The first-order chi connectivity index (χ1) is 21.2. The van der Waals surface area contributed by atoms with Crippen LogP contribution in [0.1, 0.15) is 11.1 Å². The lowest BCUT2D eigenvalue weighted by molar-refractivity contribution is 1.36. The summed E-state index contributed by atoms with van der Waals surface area (Å²) in [6.45, 7) is 0. The summed E-state index contributed by atoms with van der Waals surface area (Å²) in [6.07, 6.45) is 0. The summed E-state index contributed by atoms with van der Waals surface area (Å²) in [5, 5.41) is 29.8. The van der Waals surface area contributed by atoms with Gasteiger partial charge >= 0.3 is 0 Å². The van der Waals surface area contributed by atoms with Gasteiger partial charge in [-0.15, -0.1) is 0 Å². The molecule has 0 amide bonds. The van der Waals surface area contributed by atoms with Crippen molar-refractivity contribution >= 4 is 59.6 Å². The fourth-order valence-corrected chi connectivity index (χ4v) is 6.94. The van der Waals surface area contributed by atoms with Gasteiger partial charge in [-0.25, -0.2) is 0 Å². The number of hydrogen-bond donors (Lipinski definition) is 0. The molecule has 0 saturated heterocycles. The highest BCUT2D eigenvalue weighted by Gasteiger charge is 2.21. The molecular weight excluding hydrogens is 522 g/mol. The SMILES string of the molecule is N#Cc1cc2c(cc1-c1ccc3ccccc3c1)c1cccc3c4cc(-c5ccc6ccccc6c5)c(C#N)cc4n2c13. The molecule has 0 N–H and O–H groups in total. The number of rotatable bonds is 2. The maximum atomic E-state index is 10.3. The molecule has 0 aliphatic carbocycles. The lowest BCUT2D eigenvalue weighted by Gasteiger charge is -2.09. The standard InChI is InChI=1S/C40H21N3/c41-22-30-18-38-36(20-34(30)28-14-12-24-6-1-3-8-26(24)16-28)32-10-5-11-33-37-21-35(31(23-42)19-39(37)43(38)40(32)33)29-15-13-25-7-2-4-9-27(25)17-29/h1-21H. The zero-order valence-electron chi connectivity index (χ0n) is 23.0. The third-order valence-corrected chi connectivity index (χ3v) is 8.96. The number of hydrogen-bond acceptors (Lipinski definition) is 2. The molecule has 0 saturated carbocycles. The van der Waals surface area contributed by atoms with Gasteiger partial charge in [-0.05, 0) is 69.1 Å². The zero-order valence-corrected chi connectivity index (χ0v) is 23.0. The molecule has 0 radical (unpaired) electrons. The average Bonchev–Trinajstić information content (AvgIpc) is 3.57. The van der Waals surface area contributed by atoms with Crippen molar-refractivity contribution < 1.29 is 0 Å². The van der Waals surface area contributed by atoms with Gasteiger partial charge in [0, 0.05) is 32.7 Å². The Morgan fingerprint density at radius 3 is 1.35 bits per heavy atom. The van der Waals surface area contributed by atoms with Crippen LogP contribution in [-0.2, 0) is 0 Å². The van der Waals surface area contributed by atoms with Crippen LogP contribution in [-0.4, -0.2) is 4.40 Å². The van der Waals surface area contributed by atoms with E-state index in [0.29, 0.717) is 11.1 Å². The highest BCUT2D eigenvalue weighted by atomic mass is 14.9. The minimum absolute atomic E-state index is 0.630. The topological polar surface area (TPSA) is 52.0 Å². The fourth-order valence-electron chi connectivity index (χ4n) is 6.94. The number of para-hydroxylation sites is 1. The summed E-state index contributed by atoms with van der Waals surface area (Å²) in [7, 11) is 0. The van der Waals surface area contributed by atoms with Crippen LogP contribution in [0, 0.1) is 22.7 Å². The first-order valence-electron chi connectivity index (χ1n) is 14.3. The average molecular weight is 544 g/mol. The lowest BCUT2D eigenvalue weighted by Crippen LogP contribution is -1.90. The van der Waals surface area contributed by atoms with Gasteiger partial charge in [-0.1, -0.05) is 91.0 Å². The van der Waals surface area contributed by atoms with Crippen molar-refractivity contribution in [2.24, 2.45) is 0 Å². The summed E-state index contributed by atoms with van der Waals surface area (Å²) in [4.78, 5) is 0.